The third kappa shape index (κ3) is 1.98. The molecule has 0 aliphatic rings. The lowest BCUT2D eigenvalue weighted by atomic mass is 10.1. The molecule has 2 heterocycles. The quantitative estimate of drug-likeness (QED) is 0.857. The summed E-state index contributed by atoms with van der Waals surface area (Å²) in [5.74, 6) is -0.120. The number of hydrogen-bond donors (Lipinski definition) is 2. The normalized spacial score (nSPS) is 10.8. The number of nitrogens with two attached hydrogens (primary N) is 1. The van der Waals surface area contributed by atoms with Gasteiger partial charge in [-0.1, -0.05) is 0 Å². The molecule has 90 valence electrons. The Morgan fingerprint density at radius 2 is 2.24 bits per heavy atom. The number of hydrogen-bond acceptors (Lipinski definition) is 4. The van der Waals surface area contributed by atoms with Crippen LogP contribution in [0.3, 0.4) is 0 Å². The highest BCUT2D eigenvalue weighted by Gasteiger charge is 2.18. The van der Waals surface area contributed by atoms with Crippen molar-refractivity contribution in [2.24, 2.45) is 0 Å². The molecule has 0 saturated heterocycles. The molecule has 0 radical (unpaired) electrons. The van der Waals surface area contributed by atoms with Gasteiger partial charge >= 0.3 is 0 Å². The SMILES string of the molecule is CCNC(=O)c1sc2nc(C)cc(C)c2c1N. The molecule has 0 unspecified atom stereocenters. The lowest BCUT2D eigenvalue weighted by molar-refractivity contribution is 0.0960. The second kappa shape index (κ2) is 4.33. The van der Waals surface area contributed by atoms with Crippen LogP contribution in [0.25, 0.3) is 10.2 Å². The van der Waals surface area contributed by atoms with Gasteiger partial charge in [-0.25, -0.2) is 4.98 Å². The predicted molar refractivity (Wildman–Crippen MR) is 71.5 cm³/mol. The predicted octanol–water partition coefficient (Wildman–Crippen LogP) is 2.25. The topological polar surface area (TPSA) is 68.0 Å². The van der Waals surface area contributed by atoms with Crippen molar-refractivity contribution in [1.29, 1.82) is 0 Å². The molecular formula is C12H15N3OS. The molecule has 1 amide bonds. The fourth-order valence-electron chi connectivity index (χ4n) is 1.88. The number of nitrogens with zero attached hydrogens (tertiary/aromatic N) is 1. The molecule has 2 aromatic rings. The van der Waals surface area contributed by atoms with Crippen LogP contribution in [0.2, 0.25) is 0 Å². The maximum absolute atomic E-state index is 11.8. The Hall–Kier alpha value is -1.62. The average Bonchev–Trinajstić information content (AvgIpc) is 2.56. The summed E-state index contributed by atoms with van der Waals surface area (Å²) in [6.45, 7) is 6.41. The van der Waals surface area contributed by atoms with E-state index in [1.54, 1.807) is 0 Å². The van der Waals surface area contributed by atoms with Crippen LogP contribution in [-0.4, -0.2) is 17.4 Å². The van der Waals surface area contributed by atoms with Gasteiger partial charge in [0.15, 0.2) is 0 Å². The van der Waals surface area contributed by atoms with E-state index in [1.807, 2.05) is 26.8 Å². The fraction of sp³-hybridized carbons (Fsp3) is 0.333. The molecule has 2 rings (SSSR count). The van der Waals surface area contributed by atoms with Gasteiger partial charge in [0.25, 0.3) is 5.91 Å². The Morgan fingerprint density at radius 1 is 1.53 bits per heavy atom. The van der Waals surface area contributed by atoms with Crippen LogP contribution in [0.4, 0.5) is 5.69 Å². The molecule has 3 N–H and O–H groups in total. The van der Waals surface area contributed by atoms with E-state index in [4.69, 9.17) is 5.73 Å². The molecule has 0 fully saturated rings. The molecule has 0 bridgehead atoms. The number of anilines is 1. The van der Waals surface area contributed by atoms with Crippen LogP contribution in [0, 0.1) is 13.8 Å². The lowest BCUT2D eigenvalue weighted by Gasteiger charge is -2.01. The summed E-state index contributed by atoms with van der Waals surface area (Å²) in [4.78, 5) is 17.6. The van der Waals surface area contributed by atoms with E-state index < -0.39 is 0 Å². The molecule has 0 spiro atoms. The number of fused-ring (bicyclic) bond motifs is 1. The van der Waals surface area contributed by atoms with Crippen molar-refractivity contribution in [3.8, 4) is 0 Å². The van der Waals surface area contributed by atoms with E-state index in [9.17, 15) is 4.79 Å². The van der Waals surface area contributed by atoms with Gasteiger partial charge in [0.05, 0.1) is 5.69 Å². The van der Waals surface area contributed by atoms with Crippen LogP contribution in [0.5, 0.6) is 0 Å². The minimum atomic E-state index is -0.120. The highest BCUT2D eigenvalue weighted by molar-refractivity contribution is 7.21. The van der Waals surface area contributed by atoms with Crippen molar-refractivity contribution in [3.63, 3.8) is 0 Å². The second-order valence-corrected chi connectivity index (χ2v) is 4.96. The zero-order valence-corrected chi connectivity index (χ0v) is 10.9. The number of nitrogens with one attached hydrogen (secondary N) is 1. The van der Waals surface area contributed by atoms with Crippen LogP contribution in [0.1, 0.15) is 27.9 Å². The van der Waals surface area contributed by atoms with Gasteiger partial charge < -0.3 is 11.1 Å². The molecule has 0 atom stereocenters. The number of amides is 1. The van der Waals surface area contributed by atoms with Crippen LogP contribution in [0.15, 0.2) is 6.07 Å². The summed E-state index contributed by atoms with van der Waals surface area (Å²) in [6.07, 6.45) is 0. The minimum Gasteiger partial charge on any atom is -0.397 e. The third-order valence-electron chi connectivity index (χ3n) is 2.57. The monoisotopic (exact) mass is 249 g/mol. The smallest absolute Gasteiger partial charge is 0.263 e. The number of aromatic nitrogens is 1. The Kier molecular flexibility index (Phi) is 3.02. The standard InChI is InChI=1S/C12H15N3OS/c1-4-14-11(16)10-9(13)8-6(2)5-7(3)15-12(8)17-10/h5H,4,13H2,1-3H3,(H,14,16). The largest absolute Gasteiger partial charge is 0.397 e. The molecule has 0 aromatic carbocycles. The number of nitrogen functional groups attached to an aromatic ring is 1. The molecule has 4 nitrogen and oxygen atoms in total. The van der Waals surface area contributed by atoms with E-state index in [2.05, 4.69) is 10.3 Å². The fourth-order valence-corrected chi connectivity index (χ4v) is 3.01. The first-order chi connectivity index (χ1) is 8.04. The maximum Gasteiger partial charge on any atom is 0.263 e. The summed E-state index contributed by atoms with van der Waals surface area (Å²) in [5.41, 5.74) is 8.58. The first-order valence-corrected chi connectivity index (χ1v) is 6.30. The first-order valence-electron chi connectivity index (χ1n) is 5.49. The first kappa shape index (κ1) is 11.9. The summed E-state index contributed by atoms with van der Waals surface area (Å²) < 4.78 is 0. The van der Waals surface area contributed by atoms with Gasteiger partial charge in [-0.05, 0) is 32.4 Å². The highest BCUT2D eigenvalue weighted by atomic mass is 32.1. The van der Waals surface area contributed by atoms with Crippen molar-refractivity contribution >= 4 is 33.1 Å². The number of rotatable bonds is 2. The lowest BCUT2D eigenvalue weighted by Crippen LogP contribution is -2.22. The number of thiophene rings is 1. The minimum absolute atomic E-state index is 0.120. The zero-order chi connectivity index (χ0) is 12.6. The average molecular weight is 249 g/mol. The molecule has 2 aromatic heterocycles. The summed E-state index contributed by atoms with van der Waals surface area (Å²) in [5, 5.41) is 3.67. The van der Waals surface area contributed by atoms with Crippen LogP contribution >= 0.6 is 11.3 Å². The molecule has 0 aliphatic heterocycles. The van der Waals surface area contributed by atoms with E-state index >= 15 is 0 Å². The maximum atomic E-state index is 11.8. The van der Waals surface area contributed by atoms with Crippen molar-refractivity contribution in [1.82, 2.24) is 10.3 Å². The number of aryl methyl sites for hydroxylation is 2. The zero-order valence-electron chi connectivity index (χ0n) is 10.1. The molecule has 5 heteroatoms. The number of pyridine rings is 1. The summed E-state index contributed by atoms with van der Waals surface area (Å²) >= 11 is 1.35. The van der Waals surface area contributed by atoms with E-state index in [1.165, 1.54) is 11.3 Å². The van der Waals surface area contributed by atoms with Crippen LogP contribution in [-0.2, 0) is 0 Å². The van der Waals surface area contributed by atoms with Crippen molar-refractivity contribution < 1.29 is 4.79 Å². The highest BCUT2D eigenvalue weighted by Crippen LogP contribution is 2.34. The van der Waals surface area contributed by atoms with E-state index in [0.29, 0.717) is 17.1 Å². The molecule has 0 aliphatic carbocycles. The molecular weight excluding hydrogens is 234 g/mol. The van der Waals surface area contributed by atoms with Gasteiger partial charge in [-0.15, -0.1) is 11.3 Å². The Labute approximate surface area is 104 Å². The van der Waals surface area contributed by atoms with Gasteiger partial charge in [0, 0.05) is 17.6 Å². The Balaban J connectivity index is 2.64. The van der Waals surface area contributed by atoms with Gasteiger partial charge in [0.1, 0.15) is 9.71 Å². The van der Waals surface area contributed by atoms with Gasteiger partial charge in [0.2, 0.25) is 0 Å². The van der Waals surface area contributed by atoms with Crippen molar-refractivity contribution in [3.05, 3.63) is 22.2 Å². The number of carbonyl (C=O) groups is 1. The second-order valence-electron chi connectivity index (χ2n) is 3.97. The number of carbonyl (C=O) groups excluding carboxylic acids is 1. The molecule has 0 saturated carbocycles. The summed E-state index contributed by atoms with van der Waals surface area (Å²) in [7, 11) is 0. The summed E-state index contributed by atoms with van der Waals surface area (Å²) in [6, 6.07) is 1.98. The van der Waals surface area contributed by atoms with E-state index in [0.717, 1.165) is 21.5 Å². The third-order valence-corrected chi connectivity index (χ3v) is 3.67. The Morgan fingerprint density at radius 3 is 2.88 bits per heavy atom. The van der Waals surface area contributed by atoms with Crippen LogP contribution < -0.4 is 11.1 Å². The molecule has 17 heavy (non-hydrogen) atoms. The Bertz CT molecular complexity index is 589. The van der Waals surface area contributed by atoms with E-state index in [-0.39, 0.29) is 5.91 Å². The van der Waals surface area contributed by atoms with Gasteiger partial charge in [-0.2, -0.15) is 0 Å². The van der Waals surface area contributed by atoms with Gasteiger partial charge in [-0.3, -0.25) is 4.79 Å². The van der Waals surface area contributed by atoms with Crippen molar-refractivity contribution in [2.45, 2.75) is 20.8 Å². The van der Waals surface area contributed by atoms with Crippen molar-refractivity contribution in [2.75, 3.05) is 12.3 Å².